The van der Waals surface area contributed by atoms with Gasteiger partial charge in [0, 0.05) is 25.2 Å². The molecule has 6 nitrogen and oxygen atoms in total. The average Bonchev–Trinajstić information content (AvgIpc) is 2.89. The number of nitrogens with zero attached hydrogens (tertiary/aromatic N) is 4. The van der Waals surface area contributed by atoms with Crippen molar-refractivity contribution in [2.75, 3.05) is 6.54 Å². The molecule has 0 aliphatic carbocycles. The maximum absolute atomic E-state index is 13.6. The van der Waals surface area contributed by atoms with E-state index in [1.807, 2.05) is 9.47 Å². The number of benzene rings is 1. The lowest BCUT2D eigenvalue weighted by atomic mass is 10.0. The number of fused-ring (bicyclic) bond motifs is 1. The first-order chi connectivity index (χ1) is 10.0. The van der Waals surface area contributed by atoms with Crippen LogP contribution < -0.4 is 0 Å². The Morgan fingerprint density at radius 2 is 2.24 bits per heavy atom. The summed E-state index contributed by atoms with van der Waals surface area (Å²) in [6.07, 6.45) is 1.68. The van der Waals surface area contributed by atoms with E-state index >= 15 is 0 Å². The minimum Gasteiger partial charge on any atom is -0.507 e. The molecule has 0 bridgehead atoms. The Hall–Kier alpha value is -2.28. The zero-order valence-corrected chi connectivity index (χ0v) is 11.6. The van der Waals surface area contributed by atoms with Crippen LogP contribution in [0.15, 0.2) is 18.5 Å². The lowest BCUT2D eigenvalue weighted by Crippen LogP contribution is -2.33. The molecule has 2 aromatic rings. The van der Waals surface area contributed by atoms with Gasteiger partial charge in [0.15, 0.2) is 5.78 Å². The van der Waals surface area contributed by atoms with E-state index in [0.29, 0.717) is 18.7 Å². The highest BCUT2D eigenvalue weighted by atomic mass is 19.1. The number of hydrogen-bond acceptors (Lipinski definition) is 5. The van der Waals surface area contributed by atoms with Crippen molar-refractivity contribution in [1.29, 1.82) is 0 Å². The molecule has 1 N–H and O–H groups in total. The van der Waals surface area contributed by atoms with E-state index in [4.69, 9.17) is 0 Å². The summed E-state index contributed by atoms with van der Waals surface area (Å²) in [6.45, 7) is 3.73. The molecule has 0 saturated carbocycles. The van der Waals surface area contributed by atoms with Crippen LogP contribution in [0, 0.1) is 5.82 Å². The zero-order valence-electron chi connectivity index (χ0n) is 11.6. The molecule has 1 aromatic heterocycles. The fraction of sp³-hybridized carbons (Fsp3) is 0.357. The van der Waals surface area contributed by atoms with Crippen LogP contribution in [0.3, 0.4) is 0 Å². The minimum absolute atomic E-state index is 0.0187. The van der Waals surface area contributed by atoms with Gasteiger partial charge in [-0.3, -0.25) is 9.69 Å². The van der Waals surface area contributed by atoms with Crippen LogP contribution in [0.4, 0.5) is 4.39 Å². The summed E-state index contributed by atoms with van der Waals surface area (Å²) in [6, 6.07) is 2.33. The van der Waals surface area contributed by atoms with E-state index in [-0.39, 0.29) is 17.1 Å². The van der Waals surface area contributed by atoms with Gasteiger partial charge in [-0.25, -0.2) is 4.39 Å². The maximum atomic E-state index is 13.6. The first kappa shape index (κ1) is 13.7. The topological polar surface area (TPSA) is 71.2 Å². The Kier molecular flexibility index (Phi) is 3.42. The van der Waals surface area contributed by atoms with E-state index in [0.717, 1.165) is 25.0 Å². The summed E-state index contributed by atoms with van der Waals surface area (Å²) < 4.78 is 15.6. The van der Waals surface area contributed by atoms with Gasteiger partial charge in [0.05, 0.1) is 12.1 Å². The van der Waals surface area contributed by atoms with Crippen molar-refractivity contribution in [1.82, 2.24) is 19.7 Å². The Bertz CT molecular complexity index is 698. The third-order valence-corrected chi connectivity index (χ3v) is 3.64. The summed E-state index contributed by atoms with van der Waals surface area (Å²) in [7, 11) is 0. The molecule has 0 spiro atoms. The standard InChI is InChI=1S/C14H15FN4O2/c1-9(20)12-5-11(15)4-10(14(12)21)6-18-2-3-19-8-16-17-13(19)7-18/h4-5,8,21H,2-3,6-7H2,1H3. The van der Waals surface area contributed by atoms with Crippen LogP contribution in [0.2, 0.25) is 0 Å². The first-order valence-corrected chi connectivity index (χ1v) is 6.66. The molecule has 1 aromatic carbocycles. The molecule has 2 heterocycles. The van der Waals surface area contributed by atoms with Crippen molar-refractivity contribution < 1.29 is 14.3 Å². The van der Waals surface area contributed by atoms with E-state index < -0.39 is 5.82 Å². The van der Waals surface area contributed by atoms with Crippen LogP contribution in [-0.2, 0) is 19.6 Å². The van der Waals surface area contributed by atoms with Crippen LogP contribution in [-0.4, -0.2) is 37.1 Å². The van der Waals surface area contributed by atoms with Crippen molar-refractivity contribution in [3.05, 3.63) is 41.2 Å². The molecular formula is C14H15FN4O2. The third-order valence-electron chi connectivity index (χ3n) is 3.64. The second-order valence-corrected chi connectivity index (χ2v) is 5.17. The molecule has 110 valence electrons. The number of carbonyl (C=O) groups excluding carboxylic acids is 1. The number of ketones is 1. The molecule has 0 radical (unpaired) electrons. The average molecular weight is 290 g/mol. The molecule has 3 rings (SSSR count). The summed E-state index contributed by atoms with van der Waals surface area (Å²) in [4.78, 5) is 13.5. The summed E-state index contributed by atoms with van der Waals surface area (Å²) >= 11 is 0. The predicted octanol–water partition coefficient (Wildman–Crippen LogP) is 1.34. The van der Waals surface area contributed by atoms with E-state index in [2.05, 4.69) is 10.2 Å². The summed E-state index contributed by atoms with van der Waals surface area (Å²) in [5.74, 6) is -0.181. The van der Waals surface area contributed by atoms with Crippen molar-refractivity contribution in [2.24, 2.45) is 0 Å². The zero-order chi connectivity index (χ0) is 15.0. The fourth-order valence-electron chi connectivity index (χ4n) is 2.54. The molecule has 21 heavy (non-hydrogen) atoms. The van der Waals surface area contributed by atoms with Gasteiger partial charge in [0.2, 0.25) is 0 Å². The number of aromatic nitrogens is 3. The van der Waals surface area contributed by atoms with Gasteiger partial charge in [0.1, 0.15) is 23.7 Å². The summed E-state index contributed by atoms with van der Waals surface area (Å²) in [5, 5.41) is 18.0. The van der Waals surface area contributed by atoms with Gasteiger partial charge < -0.3 is 9.67 Å². The van der Waals surface area contributed by atoms with Gasteiger partial charge in [-0.2, -0.15) is 0 Å². The highest BCUT2D eigenvalue weighted by molar-refractivity contribution is 5.97. The van der Waals surface area contributed by atoms with Gasteiger partial charge >= 0.3 is 0 Å². The molecule has 7 heteroatoms. The number of phenolic OH excluding ortho intramolecular Hbond substituents is 1. The Morgan fingerprint density at radius 3 is 3.00 bits per heavy atom. The Labute approximate surface area is 120 Å². The third kappa shape index (κ3) is 2.64. The second-order valence-electron chi connectivity index (χ2n) is 5.17. The first-order valence-electron chi connectivity index (χ1n) is 6.66. The predicted molar refractivity (Wildman–Crippen MR) is 72.2 cm³/mol. The van der Waals surface area contributed by atoms with Crippen LogP contribution in [0.5, 0.6) is 5.75 Å². The largest absolute Gasteiger partial charge is 0.507 e. The van der Waals surface area contributed by atoms with Crippen LogP contribution >= 0.6 is 0 Å². The number of phenols is 1. The minimum atomic E-state index is -0.520. The quantitative estimate of drug-likeness (QED) is 0.864. The molecule has 0 amide bonds. The number of carbonyl (C=O) groups is 1. The number of aromatic hydroxyl groups is 1. The molecular weight excluding hydrogens is 275 g/mol. The normalized spacial score (nSPS) is 15.0. The molecule has 0 atom stereocenters. The lowest BCUT2D eigenvalue weighted by Gasteiger charge is -2.27. The number of hydrogen-bond donors (Lipinski definition) is 1. The van der Waals surface area contributed by atoms with Crippen molar-refractivity contribution in [2.45, 2.75) is 26.6 Å². The van der Waals surface area contributed by atoms with Gasteiger partial charge in [0.25, 0.3) is 0 Å². The summed E-state index contributed by atoms with van der Waals surface area (Å²) in [5.41, 5.74) is 0.429. The highest BCUT2D eigenvalue weighted by Crippen LogP contribution is 2.27. The SMILES string of the molecule is CC(=O)c1cc(F)cc(CN2CCn3cnnc3C2)c1O. The monoisotopic (exact) mass is 290 g/mol. The second kappa shape index (κ2) is 5.25. The molecule has 1 aliphatic heterocycles. The van der Waals surface area contributed by atoms with Crippen LogP contribution in [0.1, 0.15) is 28.7 Å². The molecule has 0 fully saturated rings. The van der Waals surface area contributed by atoms with Crippen molar-refractivity contribution in [3.63, 3.8) is 0 Å². The number of halogens is 1. The highest BCUT2D eigenvalue weighted by Gasteiger charge is 2.20. The van der Waals surface area contributed by atoms with E-state index in [1.165, 1.54) is 13.0 Å². The lowest BCUT2D eigenvalue weighted by molar-refractivity contribution is 0.101. The fourth-order valence-corrected chi connectivity index (χ4v) is 2.54. The Balaban J connectivity index is 1.84. The molecule has 1 aliphatic rings. The smallest absolute Gasteiger partial charge is 0.163 e. The molecule has 0 saturated heterocycles. The maximum Gasteiger partial charge on any atom is 0.163 e. The van der Waals surface area contributed by atoms with E-state index in [9.17, 15) is 14.3 Å². The van der Waals surface area contributed by atoms with Crippen molar-refractivity contribution in [3.8, 4) is 5.75 Å². The Morgan fingerprint density at radius 1 is 1.43 bits per heavy atom. The van der Waals surface area contributed by atoms with Crippen LogP contribution in [0.25, 0.3) is 0 Å². The van der Waals surface area contributed by atoms with Gasteiger partial charge in [-0.15, -0.1) is 10.2 Å². The number of Topliss-reactive ketones (excluding diaryl/α,β-unsaturated/α-hetero) is 1. The van der Waals surface area contributed by atoms with Crippen molar-refractivity contribution >= 4 is 5.78 Å². The van der Waals surface area contributed by atoms with Gasteiger partial charge in [-0.1, -0.05) is 0 Å². The molecule has 0 unspecified atom stereocenters. The van der Waals surface area contributed by atoms with E-state index in [1.54, 1.807) is 6.33 Å². The number of rotatable bonds is 3. The van der Waals surface area contributed by atoms with Gasteiger partial charge in [-0.05, 0) is 19.1 Å².